The van der Waals surface area contributed by atoms with Crippen LogP contribution in [0.3, 0.4) is 0 Å². The van der Waals surface area contributed by atoms with E-state index in [4.69, 9.17) is 24.8 Å². The Morgan fingerprint density at radius 2 is 1.39 bits per heavy atom. The van der Waals surface area contributed by atoms with Gasteiger partial charge in [-0.15, -0.1) is 0 Å². The molecule has 0 unspecified atom stereocenters. The minimum Gasteiger partial charge on any atom is -0.394 e. The molecule has 9 N–H and O–H groups in total. The van der Waals surface area contributed by atoms with Gasteiger partial charge in [0.1, 0.15) is 48.8 Å². The van der Waals surface area contributed by atoms with Gasteiger partial charge in [0.2, 0.25) is 0 Å². The van der Waals surface area contributed by atoms with Crippen LogP contribution in [0.1, 0.15) is 0 Å². The lowest BCUT2D eigenvalue weighted by Crippen LogP contribution is -2.61. The number of rotatable bonds is 8. The molecule has 1 saturated heterocycles. The molecule has 1 heterocycles. The Morgan fingerprint density at radius 1 is 0.826 bits per heavy atom. The second-order valence-corrected chi connectivity index (χ2v) is 5.29. The average Bonchev–Trinajstić information content (AvgIpc) is 2.57. The quantitative estimate of drug-likeness (QED) is 0.203. The molecule has 0 aromatic heterocycles. The van der Waals surface area contributed by atoms with Gasteiger partial charge in [0.25, 0.3) is 0 Å². The molecule has 0 bridgehead atoms. The van der Waals surface area contributed by atoms with E-state index in [0.717, 1.165) is 0 Å². The topological polar surface area (TPSA) is 201 Å². The largest absolute Gasteiger partial charge is 0.394 e. The number of ether oxygens (including phenoxy) is 2. The summed E-state index contributed by atoms with van der Waals surface area (Å²) < 4.78 is 10.1. The maximum absolute atomic E-state index is 9.83. The van der Waals surface area contributed by atoms with Crippen LogP contribution in [-0.2, 0) is 9.47 Å². The van der Waals surface area contributed by atoms with Gasteiger partial charge in [-0.1, -0.05) is 0 Å². The zero-order chi connectivity index (χ0) is 17.7. The Morgan fingerprint density at radius 3 is 1.87 bits per heavy atom. The van der Waals surface area contributed by atoms with Crippen LogP contribution >= 0.6 is 0 Å². The lowest BCUT2D eigenvalue weighted by atomic mass is 9.98. The van der Waals surface area contributed by atoms with Gasteiger partial charge in [-0.2, -0.15) is 0 Å². The molecular weight excluding hydrogens is 320 g/mol. The van der Waals surface area contributed by atoms with E-state index in [1.807, 2.05) is 0 Å². The summed E-state index contributed by atoms with van der Waals surface area (Å²) in [6.07, 6.45) is -15.1. The van der Waals surface area contributed by atoms with Crippen molar-refractivity contribution in [2.75, 3.05) is 19.8 Å². The van der Waals surface area contributed by atoms with Gasteiger partial charge in [0, 0.05) is 0 Å². The fourth-order valence-electron chi connectivity index (χ4n) is 2.16. The Kier molecular flexibility index (Phi) is 8.20. The Balaban J connectivity index is 2.89. The van der Waals surface area contributed by atoms with Crippen LogP contribution in [-0.4, -0.2) is 121 Å². The third kappa shape index (κ3) is 4.78. The zero-order valence-corrected chi connectivity index (χ0v) is 12.2. The van der Waals surface area contributed by atoms with Gasteiger partial charge < -0.3 is 55.4 Å². The predicted molar refractivity (Wildman–Crippen MR) is 70.8 cm³/mol. The maximum atomic E-state index is 9.83. The van der Waals surface area contributed by atoms with Crippen molar-refractivity contribution in [3.63, 3.8) is 0 Å². The first-order valence-corrected chi connectivity index (χ1v) is 7.00. The van der Waals surface area contributed by atoms with Gasteiger partial charge in [0.05, 0.1) is 19.8 Å². The van der Waals surface area contributed by atoms with Crippen molar-refractivity contribution in [3.05, 3.63) is 0 Å². The SMILES string of the molecule is OC[C@@H](O)[C@H](O)[C@H](O[C@H]1O[C@H](CO)[C@@H](O)[C@H](O)[C@H]1O)[C@H](O)CO. The molecule has 1 aliphatic rings. The Hall–Kier alpha value is -0.440. The highest BCUT2D eigenvalue weighted by Crippen LogP contribution is 2.24. The van der Waals surface area contributed by atoms with Gasteiger partial charge in [-0.25, -0.2) is 0 Å². The first kappa shape index (κ1) is 20.6. The highest BCUT2D eigenvalue weighted by Gasteiger charge is 2.46. The summed E-state index contributed by atoms with van der Waals surface area (Å²) in [5.41, 5.74) is 0. The minimum atomic E-state index is -1.85. The van der Waals surface area contributed by atoms with Gasteiger partial charge in [0.15, 0.2) is 6.29 Å². The molecule has 23 heavy (non-hydrogen) atoms. The molecule has 138 valence electrons. The molecule has 9 atom stereocenters. The third-order valence-electron chi connectivity index (χ3n) is 3.62. The second-order valence-electron chi connectivity index (χ2n) is 5.29. The predicted octanol–water partition coefficient (Wildman–Crippen LogP) is -5.76. The molecule has 0 saturated carbocycles. The summed E-state index contributed by atoms with van der Waals surface area (Å²) in [5, 5.41) is 84.9. The van der Waals surface area contributed by atoms with E-state index in [-0.39, 0.29) is 0 Å². The van der Waals surface area contributed by atoms with Crippen LogP contribution in [0, 0.1) is 0 Å². The smallest absolute Gasteiger partial charge is 0.187 e. The zero-order valence-electron chi connectivity index (χ0n) is 12.2. The normalized spacial score (nSPS) is 37.2. The monoisotopic (exact) mass is 344 g/mol. The van der Waals surface area contributed by atoms with Crippen molar-refractivity contribution in [2.24, 2.45) is 0 Å². The molecule has 0 aliphatic carbocycles. The molecule has 11 nitrogen and oxygen atoms in total. The molecule has 11 heteroatoms. The fourth-order valence-corrected chi connectivity index (χ4v) is 2.16. The molecule has 0 amide bonds. The lowest BCUT2D eigenvalue weighted by molar-refractivity contribution is -0.327. The van der Waals surface area contributed by atoms with Gasteiger partial charge in [-0.05, 0) is 0 Å². The van der Waals surface area contributed by atoms with Crippen LogP contribution < -0.4 is 0 Å². The van der Waals surface area contributed by atoms with Crippen LogP contribution in [0.25, 0.3) is 0 Å². The average molecular weight is 344 g/mol. The molecule has 0 aromatic carbocycles. The summed E-state index contributed by atoms with van der Waals surface area (Å²) >= 11 is 0. The third-order valence-corrected chi connectivity index (χ3v) is 3.62. The standard InChI is InChI=1S/C12H24O11/c13-1-4(16)7(18)11(5(17)2-14)23-12-10(21)9(20)8(19)6(3-15)22-12/h4-21H,1-3H2/t4-,5-,6-,7+,8-,9+,10-,11-,12-/m1/s1. The number of hydrogen-bond donors (Lipinski definition) is 9. The van der Waals surface area contributed by atoms with Gasteiger partial charge >= 0.3 is 0 Å². The van der Waals surface area contributed by atoms with E-state index in [0.29, 0.717) is 0 Å². The minimum absolute atomic E-state index is 0.708. The second kappa shape index (κ2) is 9.15. The van der Waals surface area contributed by atoms with Crippen LogP contribution in [0.2, 0.25) is 0 Å². The molecular formula is C12H24O11. The number of aliphatic hydroxyl groups excluding tert-OH is 9. The van der Waals surface area contributed by atoms with Crippen molar-refractivity contribution in [3.8, 4) is 0 Å². The summed E-state index contributed by atoms with van der Waals surface area (Å²) in [7, 11) is 0. The van der Waals surface area contributed by atoms with Crippen LogP contribution in [0.15, 0.2) is 0 Å². The summed E-state index contributed by atoms with van der Waals surface area (Å²) in [6.45, 7) is -2.45. The fraction of sp³-hybridized carbons (Fsp3) is 1.00. The molecule has 0 aromatic rings. The van der Waals surface area contributed by atoms with Crippen molar-refractivity contribution >= 4 is 0 Å². The number of aliphatic hydroxyl groups is 9. The van der Waals surface area contributed by atoms with Crippen molar-refractivity contribution in [1.29, 1.82) is 0 Å². The number of hydrogen-bond acceptors (Lipinski definition) is 11. The van der Waals surface area contributed by atoms with E-state index in [2.05, 4.69) is 0 Å². The first-order valence-electron chi connectivity index (χ1n) is 7.00. The Bertz CT molecular complexity index is 341. The van der Waals surface area contributed by atoms with Crippen molar-refractivity contribution in [1.82, 2.24) is 0 Å². The van der Waals surface area contributed by atoms with Crippen molar-refractivity contribution in [2.45, 2.75) is 55.1 Å². The highest BCUT2D eigenvalue weighted by atomic mass is 16.7. The molecule has 1 aliphatic heterocycles. The highest BCUT2D eigenvalue weighted by molar-refractivity contribution is 4.91. The first-order chi connectivity index (χ1) is 10.8. The van der Waals surface area contributed by atoms with Crippen LogP contribution in [0.4, 0.5) is 0 Å². The van der Waals surface area contributed by atoms with Gasteiger partial charge in [-0.3, -0.25) is 0 Å². The van der Waals surface area contributed by atoms with Crippen molar-refractivity contribution < 1.29 is 55.4 Å². The summed E-state index contributed by atoms with van der Waals surface area (Å²) in [5.74, 6) is 0. The molecule has 0 spiro atoms. The van der Waals surface area contributed by atoms with E-state index >= 15 is 0 Å². The summed E-state index contributed by atoms with van der Waals surface area (Å²) in [4.78, 5) is 0. The molecule has 0 radical (unpaired) electrons. The maximum Gasteiger partial charge on any atom is 0.187 e. The molecule has 1 fully saturated rings. The summed E-state index contributed by atoms with van der Waals surface area (Å²) in [6, 6.07) is 0. The Labute approximate surface area is 131 Å². The van der Waals surface area contributed by atoms with E-state index < -0.39 is 74.9 Å². The van der Waals surface area contributed by atoms with E-state index in [1.165, 1.54) is 0 Å². The van der Waals surface area contributed by atoms with E-state index in [9.17, 15) is 30.6 Å². The lowest BCUT2D eigenvalue weighted by Gasteiger charge is -2.42. The molecule has 1 rings (SSSR count). The van der Waals surface area contributed by atoms with Crippen LogP contribution in [0.5, 0.6) is 0 Å². The van der Waals surface area contributed by atoms with E-state index in [1.54, 1.807) is 0 Å².